The van der Waals surface area contributed by atoms with Crippen molar-refractivity contribution >= 4 is 5.97 Å². The molecule has 1 aromatic rings. The summed E-state index contributed by atoms with van der Waals surface area (Å²) in [6.07, 6.45) is 0.00256. The molecule has 18 heavy (non-hydrogen) atoms. The molecule has 0 N–H and O–H groups in total. The molecule has 7 heteroatoms. The normalized spacial score (nSPS) is 12.4. The fraction of sp³-hybridized carbons (Fsp3) is 0.727. The first-order valence-electron chi connectivity index (χ1n) is 5.69. The topological polar surface area (TPSA) is 75.5 Å². The Bertz CT molecular complexity index is 392. The molecular formula is C11H19N3O4. The molecular weight excluding hydrogens is 238 g/mol. The Morgan fingerprint density at radius 1 is 1.39 bits per heavy atom. The summed E-state index contributed by atoms with van der Waals surface area (Å²) in [6, 6.07) is 0. The van der Waals surface area contributed by atoms with E-state index in [1.807, 2.05) is 6.92 Å². The van der Waals surface area contributed by atoms with Crippen molar-refractivity contribution in [2.45, 2.75) is 26.5 Å². The maximum atomic E-state index is 11.7. The van der Waals surface area contributed by atoms with Gasteiger partial charge in [0.05, 0.1) is 24.9 Å². The molecule has 0 aliphatic carbocycles. The van der Waals surface area contributed by atoms with Gasteiger partial charge in [-0.1, -0.05) is 5.21 Å². The van der Waals surface area contributed by atoms with Crippen LogP contribution in [0.3, 0.4) is 0 Å². The number of carbonyl (C=O) groups is 1. The first kappa shape index (κ1) is 14.6. The molecule has 1 aromatic heterocycles. The summed E-state index contributed by atoms with van der Waals surface area (Å²) < 4.78 is 16.5. The third-order valence-corrected chi connectivity index (χ3v) is 2.53. The third-order valence-electron chi connectivity index (χ3n) is 2.53. The van der Waals surface area contributed by atoms with Gasteiger partial charge in [0.1, 0.15) is 6.61 Å². The number of rotatable bonds is 7. The Kier molecular flexibility index (Phi) is 5.73. The molecule has 0 aliphatic rings. The molecule has 7 nitrogen and oxygen atoms in total. The molecule has 1 rings (SSSR count). The average molecular weight is 257 g/mol. The standard InChI is InChI=1S/C11H19N3O4/c1-8(17-4)7-14-9(2)10(12-13-14)11(15)18-6-5-16-3/h8H,5-7H2,1-4H3. The molecule has 0 fully saturated rings. The molecule has 1 unspecified atom stereocenters. The summed E-state index contributed by atoms with van der Waals surface area (Å²) in [6.45, 7) is 4.80. The van der Waals surface area contributed by atoms with Crippen LogP contribution >= 0.6 is 0 Å². The average Bonchev–Trinajstić information content (AvgIpc) is 2.71. The van der Waals surface area contributed by atoms with Gasteiger partial charge >= 0.3 is 5.97 Å². The quantitative estimate of drug-likeness (QED) is 0.520. The molecule has 0 bridgehead atoms. The van der Waals surface area contributed by atoms with Crippen molar-refractivity contribution < 1.29 is 19.0 Å². The van der Waals surface area contributed by atoms with E-state index >= 15 is 0 Å². The molecule has 1 atom stereocenters. The number of nitrogens with zero attached hydrogens (tertiary/aromatic N) is 3. The van der Waals surface area contributed by atoms with Gasteiger partial charge in [-0.3, -0.25) is 0 Å². The van der Waals surface area contributed by atoms with E-state index < -0.39 is 5.97 Å². The minimum absolute atomic E-state index is 0.00256. The van der Waals surface area contributed by atoms with Crippen LogP contribution in [0.15, 0.2) is 0 Å². The molecule has 0 aliphatic heterocycles. The highest BCUT2D eigenvalue weighted by atomic mass is 16.6. The maximum Gasteiger partial charge on any atom is 0.360 e. The molecule has 1 heterocycles. The van der Waals surface area contributed by atoms with Gasteiger partial charge in [-0.15, -0.1) is 5.10 Å². The zero-order chi connectivity index (χ0) is 13.5. The van der Waals surface area contributed by atoms with Gasteiger partial charge in [0.25, 0.3) is 0 Å². The molecule has 102 valence electrons. The lowest BCUT2D eigenvalue weighted by molar-refractivity contribution is 0.0380. The van der Waals surface area contributed by atoms with Crippen LogP contribution in [0.4, 0.5) is 0 Å². The van der Waals surface area contributed by atoms with Crippen molar-refractivity contribution in [3.63, 3.8) is 0 Å². The summed E-state index contributed by atoms with van der Waals surface area (Å²) in [4.78, 5) is 11.7. The van der Waals surface area contributed by atoms with E-state index in [9.17, 15) is 4.79 Å². The van der Waals surface area contributed by atoms with Crippen molar-refractivity contribution in [3.8, 4) is 0 Å². The van der Waals surface area contributed by atoms with E-state index in [4.69, 9.17) is 14.2 Å². The second-order valence-electron chi connectivity index (χ2n) is 3.88. The number of hydrogen-bond donors (Lipinski definition) is 0. The lowest BCUT2D eigenvalue weighted by Crippen LogP contribution is -2.17. The molecule has 0 saturated carbocycles. The van der Waals surface area contributed by atoms with E-state index in [1.54, 1.807) is 25.8 Å². The van der Waals surface area contributed by atoms with Crippen LogP contribution < -0.4 is 0 Å². The summed E-state index contributed by atoms with van der Waals surface area (Å²) in [5.74, 6) is -0.485. The van der Waals surface area contributed by atoms with E-state index in [0.29, 0.717) is 18.8 Å². The largest absolute Gasteiger partial charge is 0.458 e. The van der Waals surface area contributed by atoms with Crippen LogP contribution in [0.1, 0.15) is 23.1 Å². The van der Waals surface area contributed by atoms with Crippen LogP contribution in [0, 0.1) is 6.92 Å². The van der Waals surface area contributed by atoms with Crippen LogP contribution in [-0.4, -0.2) is 54.5 Å². The SMILES string of the molecule is COCCOC(=O)c1nnn(CC(C)OC)c1C. The van der Waals surface area contributed by atoms with Crippen LogP contribution in [-0.2, 0) is 20.8 Å². The third kappa shape index (κ3) is 3.78. The van der Waals surface area contributed by atoms with Crippen molar-refractivity contribution in [3.05, 3.63) is 11.4 Å². The van der Waals surface area contributed by atoms with Crippen LogP contribution in [0.2, 0.25) is 0 Å². The van der Waals surface area contributed by atoms with Gasteiger partial charge in [-0.05, 0) is 13.8 Å². The van der Waals surface area contributed by atoms with E-state index in [2.05, 4.69) is 10.3 Å². The molecule has 0 saturated heterocycles. The molecule has 0 spiro atoms. The summed E-state index contributed by atoms with van der Waals surface area (Å²) in [5, 5.41) is 7.73. The fourth-order valence-corrected chi connectivity index (χ4v) is 1.33. The number of ether oxygens (including phenoxy) is 3. The van der Waals surface area contributed by atoms with Gasteiger partial charge in [-0.2, -0.15) is 0 Å². The second kappa shape index (κ2) is 7.07. The van der Waals surface area contributed by atoms with Gasteiger partial charge in [-0.25, -0.2) is 9.48 Å². The lowest BCUT2D eigenvalue weighted by atomic mass is 10.3. The van der Waals surface area contributed by atoms with Crippen molar-refractivity contribution in [2.24, 2.45) is 0 Å². The van der Waals surface area contributed by atoms with E-state index in [0.717, 1.165) is 0 Å². The smallest absolute Gasteiger partial charge is 0.360 e. The summed E-state index contributed by atoms with van der Waals surface area (Å²) in [5.41, 5.74) is 0.899. The number of hydrogen-bond acceptors (Lipinski definition) is 6. The maximum absolute atomic E-state index is 11.7. The first-order valence-corrected chi connectivity index (χ1v) is 5.69. The summed E-state index contributed by atoms with van der Waals surface area (Å²) >= 11 is 0. The van der Waals surface area contributed by atoms with E-state index in [1.165, 1.54) is 0 Å². The predicted molar refractivity (Wildman–Crippen MR) is 63.4 cm³/mol. The van der Waals surface area contributed by atoms with Gasteiger partial charge < -0.3 is 14.2 Å². The zero-order valence-corrected chi connectivity index (χ0v) is 11.2. The van der Waals surface area contributed by atoms with Crippen molar-refractivity contribution in [1.29, 1.82) is 0 Å². The highest BCUT2D eigenvalue weighted by molar-refractivity contribution is 5.88. The van der Waals surface area contributed by atoms with Crippen molar-refractivity contribution in [1.82, 2.24) is 15.0 Å². The van der Waals surface area contributed by atoms with Gasteiger partial charge in [0, 0.05) is 14.2 Å². The monoisotopic (exact) mass is 257 g/mol. The van der Waals surface area contributed by atoms with Crippen LogP contribution in [0.25, 0.3) is 0 Å². The fourth-order valence-electron chi connectivity index (χ4n) is 1.33. The molecule has 0 amide bonds. The number of methoxy groups -OCH3 is 2. The van der Waals surface area contributed by atoms with Gasteiger partial charge in [0.15, 0.2) is 5.69 Å². The Labute approximate surface area is 106 Å². The first-order chi connectivity index (χ1) is 8.60. The predicted octanol–water partition coefficient (Wildman–Crippen LogP) is 0.425. The number of carbonyl (C=O) groups excluding carboxylic acids is 1. The minimum atomic E-state index is -0.485. The Morgan fingerprint density at radius 3 is 2.72 bits per heavy atom. The van der Waals surface area contributed by atoms with Crippen molar-refractivity contribution in [2.75, 3.05) is 27.4 Å². The lowest BCUT2D eigenvalue weighted by Gasteiger charge is -2.09. The Morgan fingerprint density at radius 2 is 2.11 bits per heavy atom. The van der Waals surface area contributed by atoms with Gasteiger partial charge in [0.2, 0.25) is 0 Å². The highest BCUT2D eigenvalue weighted by Crippen LogP contribution is 2.07. The zero-order valence-electron chi connectivity index (χ0n) is 11.2. The minimum Gasteiger partial charge on any atom is -0.458 e. The van der Waals surface area contributed by atoms with E-state index in [-0.39, 0.29) is 18.4 Å². The summed E-state index contributed by atoms with van der Waals surface area (Å²) in [7, 11) is 3.17. The molecule has 0 radical (unpaired) electrons. The Hall–Kier alpha value is -1.47. The Balaban J connectivity index is 2.64. The number of esters is 1. The number of aromatic nitrogens is 3. The molecule has 0 aromatic carbocycles. The highest BCUT2D eigenvalue weighted by Gasteiger charge is 2.18. The second-order valence-corrected chi connectivity index (χ2v) is 3.88. The van der Waals surface area contributed by atoms with Crippen LogP contribution in [0.5, 0.6) is 0 Å².